The van der Waals surface area contributed by atoms with Crippen LogP contribution in [-0.2, 0) is 20.3 Å². The molecule has 2 aromatic heterocycles. The van der Waals surface area contributed by atoms with Gasteiger partial charge < -0.3 is 0 Å². The molecule has 2 rings (SSSR count). The smallest absolute Gasteiger partial charge is 0.297 e. The fraction of sp³-hybridized carbons (Fsp3) is 0.333. The molecule has 0 radical (unpaired) electrons. The molecule has 0 amide bonds. The van der Waals surface area contributed by atoms with Crippen molar-refractivity contribution in [3.8, 4) is 0 Å². The van der Waals surface area contributed by atoms with E-state index >= 15 is 0 Å². The summed E-state index contributed by atoms with van der Waals surface area (Å²) in [5, 5.41) is 0.367. The van der Waals surface area contributed by atoms with E-state index in [1.54, 1.807) is 7.05 Å². The predicted molar refractivity (Wildman–Crippen MR) is 51.9 cm³/mol. The number of imidazole rings is 1. The normalized spacial score (nSPS) is 12.4. The summed E-state index contributed by atoms with van der Waals surface area (Å²) in [6.45, 7) is 0. The summed E-state index contributed by atoms with van der Waals surface area (Å²) in [6, 6.07) is 1.46. The van der Waals surface area contributed by atoms with Crippen molar-refractivity contribution in [1.82, 2.24) is 9.55 Å². The molecule has 16 heavy (non-hydrogen) atoms. The quantitative estimate of drug-likeness (QED) is 0.656. The maximum absolute atomic E-state index is 12.6. The molecule has 0 unspecified atom stereocenters. The van der Waals surface area contributed by atoms with Crippen LogP contribution in [-0.4, -0.2) is 9.55 Å². The van der Waals surface area contributed by atoms with Gasteiger partial charge in [0.2, 0.25) is 0 Å². The monoisotopic (exact) mass is 250 g/mol. The lowest BCUT2D eigenvalue weighted by Gasteiger charge is -2.01. The fourth-order valence-corrected chi connectivity index (χ4v) is 1.83. The van der Waals surface area contributed by atoms with E-state index in [1.807, 2.05) is 0 Å². The van der Waals surface area contributed by atoms with E-state index in [2.05, 4.69) is 4.98 Å². The predicted octanol–water partition coefficient (Wildman–Crippen LogP) is 2.07. The number of pyridine rings is 1. The van der Waals surface area contributed by atoms with Gasteiger partial charge in [-0.1, -0.05) is 11.6 Å². The van der Waals surface area contributed by atoms with Crippen LogP contribution >= 0.6 is 11.6 Å². The number of nitrogens with zero attached hydrogens (tertiary/aromatic N) is 3. The zero-order chi connectivity index (χ0) is 12.1. The molecule has 0 N–H and O–H groups in total. The first kappa shape index (κ1) is 11.2. The van der Waals surface area contributed by atoms with E-state index < -0.39 is 12.0 Å². The van der Waals surface area contributed by atoms with Crippen LogP contribution < -0.4 is 4.57 Å². The van der Waals surface area contributed by atoms with Gasteiger partial charge in [-0.3, -0.25) is 4.57 Å². The molecule has 0 aliphatic rings. The number of rotatable bonds is 0. The lowest BCUT2D eigenvalue weighted by molar-refractivity contribution is -0.646. The average molecular weight is 251 g/mol. The number of aromatic nitrogens is 3. The van der Waals surface area contributed by atoms with Crippen molar-refractivity contribution in [2.75, 3.05) is 0 Å². The zero-order valence-corrected chi connectivity index (χ0v) is 9.26. The Morgan fingerprint density at radius 3 is 2.62 bits per heavy atom. The van der Waals surface area contributed by atoms with Crippen LogP contribution in [0.5, 0.6) is 0 Å². The summed E-state index contributed by atoms with van der Waals surface area (Å²) >= 11 is 5.78. The van der Waals surface area contributed by atoms with Crippen LogP contribution in [0.1, 0.15) is 5.82 Å². The molecule has 0 atom stereocenters. The van der Waals surface area contributed by atoms with Gasteiger partial charge >= 0.3 is 17.6 Å². The van der Waals surface area contributed by atoms with E-state index in [1.165, 1.54) is 23.9 Å². The Morgan fingerprint density at radius 2 is 2.06 bits per heavy atom. The Bertz CT molecular complexity index is 559. The third-order valence-corrected chi connectivity index (χ3v) is 2.51. The van der Waals surface area contributed by atoms with E-state index in [0.717, 1.165) is 4.57 Å². The highest BCUT2D eigenvalue weighted by molar-refractivity contribution is 6.30. The first-order valence-electron chi connectivity index (χ1n) is 4.39. The lowest BCUT2D eigenvalue weighted by Crippen LogP contribution is -2.28. The molecule has 0 fully saturated rings. The SMILES string of the molecule is Cn1c(C(F)(F)F)nc2c1cc(Cl)c[n+]2C. The molecular weight excluding hydrogens is 243 g/mol. The van der Waals surface area contributed by atoms with Gasteiger partial charge in [-0.05, 0) is 11.1 Å². The topological polar surface area (TPSA) is 21.7 Å². The van der Waals surface area contributed by atoms with Crippen molar-refractivity contribution in [2.24, 2.45) is 14.1 Å². The van der Waals surface area contributed by atoms with Crippen LogP contribution in [0.3, 0.4) is 0 Å². The summed E-state index contributed by atoms with van der Waals surface area (Å²) in [7, 11) is 2.91. The van der Waals surface area contributed by atoms with E-state index in [9.17, 15) is 13.2 Å². The Kier molecular flexibility index (Phi) is 2.34. The number of aryl methyl sites for hydroxylation is 2. The summed E-state index contributed by atoms with van der Waals surface area (Å²) in [4.78, 5) is 3.57. The molecule has 0 bridgehead atoms. The zero-order valence-electron chi connectivity index (χ0n) is 8.51. The van der Waals surface area contributed by atoms with Crippen LogP contribution in [0.4, 0.5) is 13.2 Å². The minimum Gasteiger partial charge on any atom is -0.297 e. The summed E-state index contributed by atoms with van der Waals surface area (Å²) in [6.07, 6.45) is -2.95. The standard InChI is InChI=1S/C9H8ClF3N3/c1-15-4-5(10)3-6-7(15)14-8(16(6)2)9(11,12)13/h3-4H,1-2H3/q+1. The van der Waals surface area contributed by atoms with Crippen molar-refractivity contribution in [2.45, 2.75) is 6.18 Å². The van der Waals surface area contributed by atoms with Gasteiger partial charge in [0.25, 0.3) is 0 Å². The summed E-state index contributed by atoms with van der Waals surface area (Å²) < 4.78 is 40.2. The van der Waals surface area contributed by atoms with Crippen molar-refractivity contribution in [3.05, 3.63) is 23.1 Å². The van der Waals surface area contributed by atoms with Gasteiger partial charge in [0, 0.05) is 7.05 Å². The molecule has 3 nitrogen and oxygen atoms in total. The molecule has 0 saturated carbocycles. The first-order chi connectivity index (χ1) is 7.30. The van der Waals surface area contributed by atoms with Gasteiger partial charge in [0.15, 0.2) is 0 Å². The minimum absolute atomic E-state index is 0.249. The molecule has 2 aromatic rings. The lowest BCUT2D eigenvalue weighted by atomic mass is 10.4. The molecule has 0 saturated heterocycles. The Balaban J connectivity index is 2.83. The van der Waals surface area contributed by atoms with Gasteiger partial charge in [0.1, 0.15) is 11.7 Å². The summed E-state index contributed by atoms with van der Waals surface area (Å²) in [5.41, 5.74) is 0.599. The molecule has 2 heterocycles. The van der Waals surface area contributed by atoms with Crippen molar-refractivity contribution < 1.29 is 17.7 Å². The average Bonchev–Trinajstić information content (AvgIpc) is 2.43. The second-order valence-electron chi connectivity index (χ2n) is 3.47. The Labute approximate surface area is 94.1 Å². The molecule has 0 aromatic carbocycles. The van der Waals surface area contributed by atoms with E-state index in [-0.39, 0.29) is 5.65 Å². The number of hydrogen-bond acceptors (Lipinski definition) is 1. The van der Waals surface area contributed by atoms with Gasteiger partial charge in [0.05, 0.1) is 12.1 Å². The molecule has 0 spiro atoms. The largest absolute Gasteiger partial charge is 0.475 e. The molecule has 7 heteroatoms. The highest BCUT2D eigenvalue weighted by atomic mass is 35.5. The third kappa shape index (κ3) is 1.63. The maximum Gasteiger partial charge on any atom is 0.475 e. The van der Waals surface area contributed by atoms with Crippen molar-refractivity contribution >= 4 is 22.8 Å². The Hall–Kier alpha value is -1.30. The van der Waals surface area contributed by atoms with Crippen molar-refractivity contribution in [3.63, 3.8) is 0 Å². The van der Waals surface area contributed by atoms with Gasteiger partial charge in [-0.25, -0.2) is 4.57 Å². The second kappa shape index (κ2) is 3.35. The highest BCUT2D eigenvalue weighted by Gasteiger charge is 2.42. The van der Waals surface area contributed by atoms with Crippen molar-refractivity contribution in [1.29, 1.82) is 0 Å². The maximum atomic E-state index is 12.6. The Morgan fingerprint density at radius 1 is 1.44 bits per heavy atom. The van der Waals surface area contributed by atoms with Gasteiger partial charge in [-0.2, -0.15) is 13.2 Å². The van der Waals surface area contributed by atoms with Crippen LogP contribution in [0.2, 0.25) is 5.02 Å². The van der Waals surface area contributed by atoms with E-state index in [4.69, 9.17) is 11.6 Å². The van der Waals surface area contributed by atoms with Crippen LogP contribution in [0.15, 0.2) is 12.3 Å². The second-order valence-corrected chi connectivity index (χ2v) is 3.91. The third-order valence-electron chi connectivity index (χ3n) is 2.30. The van der Waals surface area contributed by atoms with Crippen LogP contribution in [0, 0.1) is 0 Å². The number of alkyl halides is 3. The first-order valence-corrected chi connectivity index (χ1v) is 4.77. The summed E-state index contributed by atoms with van der Waals surface area (Å²) in [5.74, 6) is -0.930. The number of hydrogen-bond donors (Lipinski definition) is 0. The number of halogens is 4. The molecule has 86 valence electrons. The highest BCUT2D eigenvalue weighted by Crippen LogP contribution is 2.30. The van der Waals surface area contributed by atoms with E-state index in [0.29, 0.717) is 10.5 Å². The minimum atomic E-state index is -4.47. The van der Waals surface area contributed by atoms with Crippen LogP contribution in [0.25, 0.3) is 11.2 Å². The molecule has 0 aliphatic carbocycles. The molecule has 0 aliphatic heterocycles. The number of fused-ring (bicyclic) bond motifs is 1. The fourth-order valence-electron chi connectivity index (χ4n) is 1.59. The van der Waals surface area contributed by atoms with Gasteiger partial charge in [-0.15, -0.1) is 0 Å². The molecular formula is C9H8ClF3N3+.